The lowest BCUT2D eigenvalue weighted by Crippen LogP contribution is -2.33. The van der Waals surface area contributed by atoms with Gasteiger partial charge in [0.05, 0.1) is 12.7 Å². The van der Waals surface area contributed by atoms with E-state index in [1.807, 2.05) is 0 Å². The predicted octanol–water partition coefficient (Wildman–Crippen LogP) is -1.84. The largest absolute Gasteiger partial charge is 0.510 e. The van der Waals surface area contributed by atoms with Crippen molar-refractivity contribution in [3.05, 3.63) is 12.1 Å². The van der Waals surface area contributed by atoms with Gasteiger partial charge in [-0.05, 0) is 6.07 Å². The molecule has 1 aromatic rings. The van der Waals surface area contributed by atoms with E-state index in [0.29, 0.717) is 5.88 Å². The Morgan fingerprint density at radius 3 is 2.45 bits per heavy atom. The van der Waals surface area contributed by atoms with Crippen molar-refractivity contribution in [3.8, 4) is 5.88 Å². The second-order valence-corrected chi connectivity index (χ2v) is 1.87. The molecule has 0 amide bonds. The molecular weight excluding hydrogens is 147 g/mol. The third-order valence-corrected chi connectivity index (χ3v) is 1.13. The number of nitrogens with zero attached hydrogens (tertiary/aromatic N) is 2. The first kappa shape index (κ1) is 7.97. The summed E-state index contributed by atoms with van der Waals surface area (Å²) in [5.74, 6) is 0.342. The van der Waals surface area contributed by atoms with Crippen LogP contribution in [-0.2, 0) is 0 Å². The van der Waals surface area contributed by atoms with E-state index in [-0.39, 0.29) is 5.59 Å². The zero-order chi connectivity index (χ0) is 8.27. The third kappa shape index (κ3) is 1.89. The molecule has 1 rings (SSSR count). The van der Waals surface area contributed by atoms with Gasteiger partial charge < -0.3 is 14.8 Å². The first-order valence-corrected chi connectivity index (χ1v) is 2.98. The van der Waals surface area contributed by atoms with Crippen molar-refractivity contribution >= 4 is 12.7 Å². The van der Waals surface area contributed by atoms with Crippen molar-refractivity contribution in [2.75, 3.05) is 7.11 Å². The molecular formula is C5H7BN2O3. The molecule has 0 radical (unpaired) electrons. The van der Waals surface area contributed by atoms with Crippen LogP contribution in [0.25, 0.3) is 0 Å². The lowest BCUT2D eigenvalue weighted by molar-refractivity contribution is 0.391. The van der Waals surface area contributed by atoms with E-state index in [9.17, 15) is 0 Å². The minimum absolute atomic E-state index is 0.103. The molecule has 0 aromatic carbocycles. The summed E-state index contributed by atoms with van der Waals surface area (Å²) < 4.78 is 4.71. The molecule has 0 spiro atoms. The van der Waals surface area contributed by atoms with Crippen LogP contribution in [0, 0.1) is 0 Å². The first-order chi connectivity index (χ1) is 5.24. The predicted molar refractivity (Wildman–Crippen MR) is 38.4 cm³/mol. The van der Waals surface area contributed by atoms with E-state index in [1.165, 1.54) is 19.2 Å². The SMILES string of the molecule is COc1ccc(B(O)O)nn1. The Bertz CT molecular complexity index is 226. The maximum absolute atomic E-state index is 8.60. The fraction of sp³-hybridized carbons (Fsp3) is 0.200. The van der Waals surface area contributed by atoms with Gasteiger partial charge in [-0.1, -0.05) is 0 Å². The fourth-order valence-corrected chi connectivity index (χ4v) is 0.577. The molecule has 0 aliphatic carbocycles. The summed E-state index contributed by atoms with van der Waals surface area (Å²) in [4.78, 5) is 0. The number of aromatic nitrogens is 2. The van der Waals surface area contributed by atoms with Crippen LogP contribution < -0.4 is 10.3 Å². The molecule has 5 nitrogen and oxygen atoms in total. The van der Waals surface area contributed by atoms with E-state index in [1.54, 1.807) is 0 Å². The Hall–Kier alpha value is -1.14. The molecule has 0 fully saturated rings. The van der Waals surface area contributed by atoms with E-state index < -0.39 is 7.12 Å². The molecule has 0 atom stereocenters. The van der Waals surface area contributed by atoms with Gasteiger partial charge in [-0.3, -0.25) is 0 Å². The Morgan fingerprint density at radius 2 is 2.09 bits per heavy atom. The van der Waals surface area contributed by atoms with Gasteiger partial charge in [-0.2, -0.15) is 5.10 Å². The number of ether oxygens (including phenoxy) is 1. The topological polar surface area (TPSA) is 75.5 Å². The molecule has 0 aliphatic rings. The second kappa shape index (κ2) is 3.31. The lowest BCUT2D eigenvalue weighted by atomic mass is 9.86. The van der Waals surface area contributed by atoms with Crippen molar-refractivity contribution in [1.29, 1.82) is 0 Å². The van der Waals surface area contributed by atoms with Crippen LogP contribution in [0.3, 0.4) is 0 Å². The van der Waals surface area contributed by atoms with Crippen LogP contribution in [-0.4, -0.2) is 34.5 Å². The van der Waals surface area contributed by atoms with E-state index in [2.05, 4.69) is 10.2 Å². The quantitative estimate of drug-likeness (QED) is 0.489. The van der Waals surface area contributed by atoms with E-state index >= 15 is 0 Å². The Balaban J connectivity index is 2.83. The summed E-state index contributed by atoms with van der Waals surface area (Å²) in [6.07, 6.45) is 0. The monoisotopic (exact) mass is 154 g/mol. The molecule has 58 valence electrons. The average Bonchev–Trinajstić information content (AvgIpc) is 2.05. The zero-order valence-corrected chi connectivity index (χ0v) is 5.93. The summed E-state index contributed by atoms with van der Waals surface area (Å²) in [6.45, 7) is 0. The van der Waals surface area contributed by atoms with E-state index in [0.717, 1.165) is 0 Å². The van der Waals surface area contributed by atoms with Crippen LogP contribution in [0.2, 0.25) is 0 Å². The van der Waals surface area contributed by atoms with Crippen molar-refractivity contribution in [2.45, 2.75) is 0 Å². The molecule has 11 heavy (non-hydrogen) atoms. The van der Waals surface area contributed by atoms with Gasteiger partial charge in [-0.25, -0.2) is 0 Å². The van der Waals surface area contributed by atoms with E-state index in [4.69, 9.17) is 14.8 Å². The third-order valence-electron chi connectivity index (χ3n) is 1.13. The maximum Gasteiger partial charge on any atom is 0.510 e. The first-order valence-electron chi connectivity index (χ1n) is 2.98. The smallest absolute Gasteiger partial charge is 0.480 e. The minimum atomic E-state index is -1.58. The number of hydrogen-bond donors (Lipinski definition) is 2. The molecule has 1 aromatic heterocycles. The van der Waals surface area contributed by atoms with Crippen LogP contribution in [0.1, 0.15) is 0 Å². The standard InChI is InChI=1S/C5H7BN2O3/c1-11-5-3-2-4(6(9)10)7-8-5/h2-3,9-10H,1H3. The normalized spacial score (nSPS) is 9.36. The van der Waals surface area contributed by atoms with Crippen LogP contribution in [0.4, 0.5) is 0 Å². The minimum Gasteiger partial charge on any atom is -0.480 e. The fourth-order valence-electron chi connectivity index (χ4n) is 0.577. The molecule has 0 saturated heterocycles. The molecule has 0 bridgehead atoms. The van der Waals surface area contributed by atoms with Gasteiger partial charge in [0.25, 0.3) is 0 Å². The Kier molecular flexibility index (Phi) is 2.40. The summed E-state index contributed by atoms with van der Waals surface area (Å²) >= 11 is 0. The average molecular weight is 154 g/mol. The van der Waals surface area contributed by atoms with Gasteiger partial charge in [0, 0.05) is 6.07 Å². The second-order valence-electron chi connectivity index (χ2n) is 1.87. The summed E-state index contributed by atoms with van der Waals surface area (Å²) in [7, 11) is -0.118. The molecule has 0 unspecified atom stereocenters. The summed E-state index contributed by atoms with van der Waals surface area (Å²) in [6, 6.07) is 2.93. The van der Waals surface area contributed by atoms with Gasteiger partial charge in [-0.15, -0.1) is 5.10 Å². The van der Waals surface area contributed by atoms with Gasteiger partial charge >= 0.3 is 7.12 Å². The van der Waals surface area contributed by atoms with Crippen molar-refractivity contribution in [1.82, 2.24) is 10.2 Å². The Labute approximate surface area is 63.8 Å². The van der Waals surface area contributed by atoms with Gasteiger partial charge in [0.2, 0.25) is 5.88 Å². The highest BCUT2D eigenvalue weighted by molar-refractivity contribution is 6.57. The zero-order valence-electron chi connectivity index (χ0n) is 5.93. The molecule has 2 N–H and O–H groups in total. The highest BCUT2D eigenvalue weighted by Crippen LogP contribution is 1.97. The van der Waals surface area contributed by atoms with Crippen LogP contribution >= 0.6 is 0 Å². The summed E-state index contributed by atoms with van der Waals surface area (Å²) in [5, 5.41) is 24.2. The van der Waals surface area contributed by atoms with Crippen molar-refractivity contribution in [2.24, 2.45) is 0 Å². The number of rotatable bonds is 2. The molecule has 6 heteroatoms. The van der Waals surface area contributed by atoms with Crippen molar-refractivity contribution in [3.63, 3.8) is 0 Å². The lowest BCUT2D eigenvalue weighted by Gasteiger charge is -1.98. The highest BCUT2D eigenvalue weighted by atomic mass is 16.5. The van der Waals surface area contributed by atoms with Gasteiger partial charge in [0.1, 0.15) is 0 Å². The number of methoxy groups -OCH3 is 1. The van der Waals surface area contributed by atoms with Crippen LogP contribution in [0.15, 0.2) is 12.1 Å². The highest BCUT2D eigenvalue weighted by Gasteiger charge is 2.12. The van der Waals surface area contributed by atoms with Crippen molar-refractivity contribution < 1.29 is 14.8 Å². The number of hydrogen-bond acceptors (Lipinski definition) is 5. The Morgan fingerprint density at radius 1 is 1.36 bits per heavy atom. The molecule has 0 saturated carbocycles. The van der Waals surface area contributed by atoms with Crippen LogP contribution in [0.5, 0.6) is 5.88 Å². The molecule has 1 heterocycles. The van der Waals surface area contributed by atoms with Gasteiger partial charge in [0.15, 0.2) is 0 Å². The molecule has 0 aliphatic heterocycles. The maximum atomic E-state index is 8.60. The summed E-state index contributed by atoms with van der Waals surface area (Å²) in [5.41, 5.74) is 0.103.